The molecule has 0 radical (unpaired) electrons. The summed E-state index contributed by atoms with van der Waals surface area (Å²) in [4.78, 5) is 16.2. The normalized spacial score (nSPS) is 24.6. The molecule has 2 heterocycles. The van der Waals surface area contributed by atoms with Crippen molar-refractivity contribution in [2.45, 2.75) is 13.1 Å². The number of anilines is 1. The molecule has 2 atom stereocenters. The molecule has 1 N–H and O–H groups in total. The zero-order valence-electron chi connectivity index (χ0n) is 9.31. The second kappa shape index (κ2) is 4.38. The van der Waals surface area contributed by atoms with Crippen LogP contribution in [0.1, 0.15) is 5.82 Å². The summed E-state index contributed by atoms with van der Waals surface area (Å²) in [5, 5.41) is 9.20. The molecule has 100 valence electrons. The van der Waals surface area contributed by atoms with Gasteiger partial charge in [0.2, 0.25) is 5.13 Å². The highest BCUT2D eigenvalue weighted by Crippen LogP contribution is 2.39. The molecule has 5 nitrogen and oxygen atoms in total. The molecule has 0 spiro atoms. The SMILES string of the molecule is Cc1nsc(N2C[C@@H](C(F)(F)F)[C@H](C(=O)O)C2)n1. The lowest BCUT2D eigenvalue weighted by atomic mass is 9.96. The van der Waals surface area contributed by atoms with E-state index < -0.39 is 24.0 Å². The van der Waals surface area contributed by atoms with Crippen molar-refractivity contribution in [3.05, 3.63) is 5.82 Å². The molecule has 1 aromatic rings. The Morgan fingerprint density at radius 1 is 1.50 bits per heavy atom. The van der Waals surface area contributed by atoms with Crippen molar-refractivity contribution in [2.24, 2.45) is 11.8 Å². The Labute approximate surface area is 104 Å². The van der Waals surface area contributed by atoms with Crippen molar-refractivity contribution in [3.63, 3.8) is 0 Å². The van der Waals surface area contributed by atoms with Crippen LogP contribution in [0.5, 0.6) is 0 Å². The number of carboxylic acids is 1. The van der Waals surface area contributed by atoms with E-state index in [9.17, 15) is 18.0 Å². The summed E-state index contributed by atoms with van der Waals surface area (Å²) in [6.45, 7) is 1.06. The number of aryl methyl sites for hydroxylation is 1. The van der Waals surface area contributed by atoms with Gasteiger partial charge in [-0.3, -0.25) is 4.79 Å². The number of hydrogen-bond acceptors (Lipinski definition) is 5. The summed E-state index contributed by atoms with van der Waals surface area (Å²) >= 11 is 0.978. The number of halogens is 3. The van der Waals surface area contributed by atoms with Gasteiger partial charge in [0.1, 0.15) is 5.82 Å². The van der Waals surface area contributed by atoms with Crippen molar-refractivity contribution in [3.8, 4) is 0 Å². The van der Waals surface area contributed by atoms with Crippen LogP contribution in [0, 0.1) is 18.8 Å². The Kier molecular flexibility index (Phi) is 3.18. The molecule has 1 saturated heterocycles. The van der Waals surface area contributed by atoms with Gasteiger partial charge in [0.15, 0.2) is 0 Å². The number of hydrogen-bond donors (Lipinski definition) is 1. The molecule has 1 aliphatic rings. The van der Waals surface area contributed by atoms with Gasteiger partial charge in [0.05, 0.1) is 11.8 Å². The molecule has 0 unspecified atom stereocenters. The van der Waals surface area contributed by atoms with E-state index in [0.29, 0.717) is 11.0 Å². The third-order valence-electron chi connectivity index (χ3n) is 2.84. The molecular weight excluding hydrogens is 271 g/mol. The fourth-order valence-electron chi connectivity index (χ4n) is 1.96. The minimum atomic E-state index is -4.52. The highest BCUT2D eigenvalue weighted by atomic mass is 32.1. The minimum absolute atomic E-state index is 0.186. The van der Waals surface area contributed by atoms with Crippen molar-refractivity contribution < 1.29 is 23.1 Å². The standard InChI is InChI=1S/C9H10F3N3O2S/c1-4-13-8(18-14-4)15-2-5(7(16)17)6(3-15)9(10,11)12/h5-6H,2-3H2,1H3,(H,16,17)/t5-,6-/m1/s1. The van der Waals surface area contributed by atoms with Gasteiger partial charge in [-0.15, -0.1) is 0 Å². The average Bonchev–Trinajstić information content (AvgIpc) is 2.81. The highest BCUT2D eigenvalue weighted by Gasteiger charge is 2.53. The largest absolute Gasteiger partial charge is 0.481 e. The third-order valence-corrected chi connectivity index (χ3v) is 3.71. The number of rotatable bonds is 2. The molecule has 1 aliphatic heterocycles. The summed E-state index contributed by atoms with van der Waals surface area (Å²) in [5.41, 5.74) is 0. The van der Waals surface area contributed by atoms with Crippen molar-refractivity contribution in [1.82, 2.24) is 9.36 Å². The monoisotopic (exact) mass is 281 g/mol. The first-order valence-electron chi connectivity index (χ1n) is 5.14. The number of aliphatic carboxylic acids is 1. The molecule has 0 saturated carbocycles. The first-order chi connectivity index (χ1) is 8.29. The van der Waals surface area contributed by atoms with Crippen LogP contribution in [-0.4, -0.2) is 39.7 Å². The van der Waals surface area contributed by atoms with Crippen LogP contribution < -0.4 is 4.90 Å². The lowest BCUT2D eigenvalue weighted by molar-refractivity contribution is -0.187. The van der Waals surface area contributed by atoms with Crippen LogP contribution in [0.2, 0.25) is 0 Å². The van der Waals surface area contributed by atoms with Crippen LogP contribution in [0.15, 0.2) is 0 Å². The second-order valence-corrected chi connectivity index (χ2v) is 4.85. The number of alkyl halides is 3. The lowest BCUT2D eigenvalue weighted by Gasteiger charge is -2.17. The molecule has 0 amide bonds. The molecule has 1 aromatic heterocycles. The van der Waals surface area contributed by atoms with Gasteiger partial charge in [-0.05, 0) is 6.92 Å². The zero-order valence-corrected chi connectivity index (χ0v) is 10.1. The van der Waals surface area contributed by atoms with Gasteiger partial charge in [-0.25, -0.2) is 4.98 Å². The fraction of sp³-hybridized carbons (Fsp3) is 0.667. The highest BCUT2D eigenvalue weighted by molar-refractivity contribution is 7.09. The number of carbonyl (C=O) groups is 1. The first kappa shape index (κ1) is 13.1. The minimum Gasteiger partial charge on any atom is -0.481 e. The van der Waals surface area contributed by atoms with Crippen LogP contribution in [0.4, 0.5) is 18.3 Å². The van der Waals surface area contributed by atoms with Gasteiger partial charge in [-0.2, -0.15) is 17.5 Å². The maximum absolute atomic E-state index is 12.7. The van der Waals surface area contributed by atoms with E-state index in [4.69, 9.17) is 5.11 Å². The summed E-state index contributed by atoms with van der Waals surface area (Å²) in [6, 6.07) is 0. The molecule has 1 fully saturated rings. The Morgan fingerprint density at radius 2 is 2.17 bits per heavy atom. The summed E-state index contributed by atoms with van der Waals surface area (Å²) in [5.74, 6) is -4.27. The van der Waals surface area contributed by atoms with Crippen LogP contribution in [0.25, 0.3) is 0 Å². The van der Waals surface area contributed by atoms with Gasteiger partial charge < -0.3 is 10.0 Å². The number of nitrogens with zero attached hydrogens (tertiary/aromatic N) is 3. The predicted octanol–water partition coefficient (Wildman–Crippen LogP) is 1.55. The molecule has 18 heavy (non-hydrogen) atoms. The van der Waals surface area contributed by atoms with Crippen molar-refractivity contribution >= 4 is 22.6 Å². The fourth-order valence-corrected chi connectivity index (χ4v) is 2.65. The summed E-state index contributed by atoms with van der Waals surface area (Å²) < 4.78 is 42.1. The Morgan fingerprint density at radius 3 is 2.56 bits per heavy atom. The number of carboxylic acid groups (broad SMARTS) is 1. The van der Waals surface area contributed by atoms with Gasteiger partial charge >= 0.3 is 12.1 Å². The van der Waals surface area contributed by atoms with Crippen molar-refractivity contribution in [1.29, 1.82) is 0 Å². The van der Waals surface area contributed by atoms with E-state index in [1.807, 2.05) is 0 Å². The van der Waals surface area contributed by atoms with Gasteiger partial charge in [-0.1, -0.05) is 0 Å². The maximum Gasteiger partial charge on any atom is 0.394 e. The molecular formula is C9H10F3N3O2S. The average molecular weight is 281 g/mol. The van der Waals surface area contributed by atoms with E-state index in [1.165, 1.54) is 4.90 Å². The first-order valence-corrected chi connectivity index (χ1v) is 5.91. The van der Waals surface area contributed by atoms with E-state index in [1.54, 1.807) is 6.92 Å². The number of aromatic nitrogens is 2. The van der Waals surface area contributed by atoms with Crippen molar-refractivity contribution in [2.75, 3.05) is 18.0 Å². The molecule has 2 rings (SSSR count). The second-order valence-electron chi connectivity index (χ2n) is 4.12. The van der Waals surface area contributed by atoms with E-state index in [2.05, 4.69) is 9.36 Å². The Bertz CT molecular complexity index is 462. The summed E-state index contributed by atoms with van der Waals surface area (Å²) in [7, 11) is 0. The molecule has 0 bridgehead atoms. The third kappa shape index (κ3) is 2.40. The molecule has 9 heteroatoms. The molecule has 0 aromatic carbocycles. The van der Waals surface area contributed by atoms with Gasteiger partial charge in [0.25, 0.3) is 0 Å². The quantitative estimate of drug-likeness (QED) is 0.890. The van der Waals surface area contributed by atoms with Crippen LogP contribution in [-0.2, 0) is 4.79 Å². The maximum atomic E-state index is 12.7. The van der Waals surface area contributed by atoms with Gasteiger partial charge in [0, 0.05) is 24.6 Å². The lowest BCUT2D eigenvalue weighted by Crippen LogP contribution is -2.33. The molecule has 0 aliphatic carbocycles. The van der Waals surface area contributed by atoms with E-state index >= 15 is 0 Å². The van der Waals surface area contributed by atoms with Crippen LogP contribution >= 0.6 is 11.5 Å². The topological polar surface area (TPSA) is 66.3 Å². The smallest absolute Gasteiger partial charge is 0.394 e. The Hall–Kier alpha value is -1.38. The van der Waals surface area contributed by atoms with Crippen LogP contribution in [0.3, 0.4) is 0 Å². The predicted molar refractivity (Wildman–Crippen MR) is 57.5 cm³/mol. The zero-order chi connectivity index (χ0) is 13.5. The Balaban J connectivity index is 2.22. The van der Waals surface area contributed by atoms with E-state index in [0.717, 1.165) is 11.5 Å². The summed E-state index contributed by atoms with van der Waals surface area (Å²) in [6.07, 6.45) is -4.52. The van der Waals surface area contributed by atoms with E-state index in [-0.39, 0.29) is 13.1 Å².